The van der Waals surface area contributed by atoms with Crippen molar-refractivity contribution in [1.82, 2.24) is 25.2 Å². The fraction of sp³-hybridized carbons (Fsp3) is 0.441. The van der Waals surface area contributed by atoms with E-state index in [-0.39, 0.29) is 39.5 Å². The summed E-state index contributed by atoms with van der Waals surface area (Å²) in [6.45, 7) is 6.09. The van der Waals surface area contributed by atoms with Gasteiger partial charge in [0.15, 0.2) is 5.82 Å². The third-order valence-electron chi connectivity index (χ3n) is 9.74. The molecule has 45 heavy (non-hydrogen) atoms. The van der Waals surface area contributed by atoms with Gasteiger partial charge in [0, 0.05) is 67.4 Å². The minimum absolute atomic E-state index is 0.0160. The quantitative estimate of drug-likeness (QED) is 0.297. The Hall–Kier alpha value is -4.11. The molecule has 3 aliphatic heterocycles. The van der Waals surface area contributed by atoms with E-state index in [0.717, 1.165) is 71.6 Å². The number of terminal acetylenes is 1. The molecular formula is C34H34F2N6O3. The van der Waals surface area contributed by atoms with Gasteiger partial charge in [-0.05, 0) is 49.3 Å². The zero-order valence-corrected chi connectivity index (χ0v) is 24.9. The number of rotatable bonds is 7. The van der Waals surface area contributed by atoms with Crippen molar-refractivity contribution < 1.29 is 23.4 Å². The van der Waals surface area contributed by atoms with Crippen LogP contribution in [0.4, 0.5) is 14.6 Å². The molecule has 4 aliphatic rings. The SMILES string of the molecule is C#Cc1c(F)ccc2cc(O)cc(-c3ncc4c(N5CC6CCC(C5)N6)nc(OCC5(CN6CCOCC6)CC5)nc4c3F)c12. The summed E-state index contributed by atoms with van der Waals surface area (Å²) in [5.41, 5.74) is 0.137. The highest BCUT2D eigenvalue weighted by Crippen LogP contribution is 2.47. The van der Waals surface area contributed by atoms with Crippen LogP contribution in [0.3, 0.4) is 0 Å². The predicted octanol–water partition coefficient (Wildman–Crippen LogP) is 4.24. The molecule has 0 spiro atoms. The van der Waals surface area contributed by atoms with E-state index in [9.17, 15) is 9.50 Å². The number of phenolic OH excluding ortho intramolecular Hbond substituents is 1. The van der Waals surface area contributed by atoms with Crippen molar-refractivity contribution in [2.75, 3.05) is 57.4 Å². The van der Waals surface area contributed by atoms with Gasteiger partial charge in [-0.3, -0.25) is 9.88 Å². The molecule has 4 fully saturated rings. The van der Waals surface area contributed by atoms with Crippen LogP contribution in [0.2, 0.25) is 0 Å². The van der Waals surface area contributed by atoms with Gasteiger partial charge in [-0.1, -0.05) is 12.0 Å². The summed E-state index contributed by atoms with van der Waals surface area (Å²) in [6.07, 6.45) is 11.5. The van der Waals surface area contributed by atoms with Crippen molar-refractivity contribution >= 4 is 27.5 Å². The second-order valence-electron chi connectivity index (χ2n) is 12.9. The first kappa shape index (κ1) is 28.4. The van der Waals surface area contributed by atoms with Crippen LogP contribution in [0, 0.1) is 29.4 Å². The topological polar surface area (TPSA) is 95.9 Å². The first-order valence-electron chi connectivity index (χ1n) is 15.6. The van der Waals surface area contributed by atoms with Gasteiger partial charge in [0.25, 0.3) is 0 Å². The van der Waals surface area contributed by atoms with Gasteiger partial charge in [0.1, 0.15) is 28.6 Å². The highest BCUT2D eigenvalue weighted by Gasteiger charge is 2.45. The molecule has 2 unspecified atom stereocenters. The number of hydrogen-bond acceptors (Lipinski definition) is 9. The highest BCUT2D eigenvalue weighted by atomic mass is 19.1. The number of halogens is 2. The number of benzene rings is 2. The number of ether oxygens (including phenoxy) is 2. The molecule has 2 atom stereocenters. The molecule has 2 aromatic heterocycles. The number of piperazine rings is 1. The molecule has 2 bridgehead atoms. The molecule has 0 radical (unpaired) electrons. The maximum atomic E-state index is 16.8. The van der Waals surface area contributed by atoms with Gasteiger partial charge in [-0.2, -0.15) is 9.97 Å². The van der Waals surface area contributed by atoms with Crippen molar-refractivity contribution in [2.45, 2.75) is 37.8 Å². The van der Waals surface area contributed by atoms with E-state index < -0.39 is 11.6 Å². The van der Waals surface area contributed by atoms with E-state index in [1.54, 1.807) is 6.20 Å². The number of hydrogen-bond donors (Lipinski definition) is 2. The summed E-state index contributed by atoms with van der Waals surface area (Å²) in [6, 6.07) is 6.33. The second-order valence-corrected chi connectivity index (χ2v) is 12.9. The number of fused-ring (bicyclic) bond motifs is 4. The molecule has 2 aromatic carbocycles. The summed E-state index contributed by atoms with van der Waals surface area (Å²) < 4.78 is 43.4. The highest BCUT2D eigenvalue weighted by molar-refractivity contribution is 6.03. The Bertz CT molecular complexity index is 1840. The lowest BCUT2D eigenvalue weighted by molar-refractivity contribution is 0.0231. The van der Waals surface area contributed by atoms with Gasteiger partial charge >= 0.3 is 6.01 Å². The van der Waals surface area contributed by atoms with E-state index in [2.05, 4.69) is 31.0 Å². The van der Waals surface area contributed by atoms with Crippen LogP contribution in [0.25, 0.3) is 32.9 Å². The van der Waals surface area contributed by atoms with E-state index in [1.165, 1.54) is 24.3 Å². The third-order valence-corrected chi connectivity index (χ3v) is 9.74. The standard InChI is InChI=1S/C34H34F2N6O3/c1-2-24-27(35)6-3-20-13-23(43)14-25(28(20)24)30-29(36)31-26(15-37-30)32(42-16-21-4-5-22(17-42)38-21)40-33(39-31)45-19-34(7-8-34)18-41-9-11-44-12-10-41/h1,3,6,13-15,21-22,38,43H,4-5,7-12,16-19H2. The lowest BCUT2D eigenvalue weighted by Gasteiger charge is -2.34. The Kier molecular flexibility index (Phi) is 6.97. The normalized spacial score (nSPS) is 22.6. The van der Waals surface area contributed by atoms with Crippen LogP contribution < -0.4 is 15.0 Å². The molecular weight excluding hydrogens is 578 g/mol. The molecule has 8 rings (SSSR count). The predicted molar refractivity (Wildman–Crippen MR) is 166 cm³/mol. The van der Waals surface area contributed by atoms with Crippen molar-refractivity contribution in [3.8, 4) is 35.4 Å². The number of nitrogens with one attached hydrogen (secondary N) is 1. The van der Waals surface area contributed by atoms with E-state index in [4.69, 9.17) is 20.9 Å². The number of aromatic nitrogens is 3. The van der Waals surface area contributed by atoms with Gasteiger partial charge in [-0.25, -0.2) is 8.78 Å². The van der Waals surface area contributed by atoms with Crippen molar-refractivity contribution in [3.05, 3.63) is 47.7 Å². The van der Waals surface area contributed by atoms with Crippen LogP contribution >= 0.6 is 0 Å². The molecule has 232 valence electrons. The molecule has 5 heterocycles. The number of morpholine rings is 1. The van der Waals surface area contributed by atoms with Crippen LogP contribution in [-0.4, -0.2) is 89.6 Å². The fourth-order valence-corrected chi connectivity index (χ4v) is 7.21. The molecule has 11 heteroatoms. The number of aromatic hydroxyl groups is 1. The summed E-state index contributed by atoms with van der Waals surface area (Å²) in [4.78, 5) is 18.6. The second kappa shape index (κ2) is 11.1. The van der Waals surface area contributed by atoms with Gasteiger partial charge < -0.3 is 24.8 Å². The van der Waals surface area contributed by atoms with Crippen LogP contribution in [0.15, 0.2) is 30.5 Å². The molecule has 1 aliphatic carbocycles. The first-order chi connectivity index (χ1) is 21.9. The number of anilines is 1. The van der Waals surface area contributed by atoms with E-state index in [0.29, 0.717) is 40.7 Å². The summed E-state index contributed by atoms with van der Waals surface area (Å²) >= 11 is 0. The van der Waals surface area contributed by atoms with Crippen molar-refractivity contribution in [1.29, 1.82) is 0 Å². The maximum absolute atomic E-state index is 16.8. The number of nitrogens with zero attached hydrogens (tertiary/aromatic N) is 5. The van der Waals surface area contributed by atoms with Gasteiger partial charge in [-0.15, -0.1) is 6.42 Å². The molecule has 4 aromatic rings. The zero-order valence-electron chi connectivity index (χ0n) is 24.9. The molecule has 1 saturated carbocycles. The molecule has 2 N–H and O–H groups in total. The maximum Gasteiger partial charge on any atom is 0.319 e. The Morgan fingerprint density at radius 3 is 2.62 bits per heavy atom. The van der Waals surface area contributed by atoms with Crippen LogP contribution in [-0.2, 0) is 4.74 Å². The number of phenols is 1. The third kappa shape index (κ3) is 5.21. The number of pyridine rings is 1. The average molecular weight is 613 g/mol. The lowest BCUT2D eigenvalue weighted by atomic mass is 9.96. The first-order valence-corrected chi connectivity index (χ1v) is 15.6. The zero-order chi connectivity index (χ0) is 30.7. The molecule has 9 nitrogen and oxygen atoms in total. The Balaban J connectivity index is 1.22. The smallest absolute Gasteiger partial charge is 0.319 e. The summed E-state index contributed by atoms with van der Waals surface area (Å²) in [5, 5.41) is 15.4. The Labute approximate surface area is 259 Å². The van der Waals surface area contributed by atoms with Gasteiger partial charge in [0.2, 0.25) is 0 Å². The Morgan fingerprint density at radius 2 is 1.89 bits per heavy atom. The Morgan fingerprint density at radius 1 is 1.11 bits per heavy atom. The van der Waals surface area contributed by atoms with Crippen molar-refractivity contribution in [3.63, 3.8) is 0 Å². The monoisotopic (exact) mass is 612 g/mol. The average Bonchev–Trinajstić information content (AvgIpc) is 3.73. The van der Waals surface area contributed by atoms with Crippen LogP contribution in [0.1, 0.15) is 31.2 Å². The lowest BCUT2D eigenvalue weighted by Crippen LogP contribution is -2.51. The largest absolute Gasteiger partial charge is 0.508 e. The van der Waals surface area contributed by atoms with E-state index >= 15 is 4.39 Å². The minimum Gasteiger partial charge on any atom is -0.508 e. The summed E-state index contributed by atoms with van der Waals surface area (Å²) in [5.74, 6) is 1.53. The minimum atomic E-state index is -0.715. The van der Waals surface area contributed by atoms with Gasteiger partial charge in [0.05, 0.1) is 30.8 Å². The van der Waals surface area contributed by atoms with Crippen molar-refractivity contribution in [2.24, 2.45) is 5.41 Å². The fourth-order valence-electron chi connectivity index (χ4n) is 7.21. The summed E-state index contributed by atoms with van der Waals surface area (Å²) in [7, 11) is 0. The molecule has 0 amide bonds. The molecule has 3 saturated heterocycles. The van der Waals surface area contributed by atoms with Crippen LogP contribution in [0.5, 0.6) is 11.8 Å². The van der Waals surface area contributed by atoms with E-state index in [1.807, 2.05) is 0 Å².